The van der Waals surface area contributed by atoms with E-state index in [0.29, 0.717) is 11.3 Å². The minimum Gasteiger partial charge on any atom is -0.334 e. The van der Waals surface area contributed by atoms with E-state index in [4.69, 9.17) is 0 Å². The molecule has 0 fully saturated rings. The molecule has 0 spiro atoms. The summed E-state index contributed by atoms with van der Waals surface area (Å²) in [6.45, 7) is 7.01. The van der Waals surface area contributed by atoms with Crippen LogP contribution in [0.4, 0.5) is 14.9 Å². The fourth-order valence-corrected chi connectivity index (χ4v) is 2.16. The molecule has 0 aliphatic heterocycles. The summed E-state index contributed by atoms with van der Waals surface area (Å²) in [6, 6.07) is 3.75. The molecular formula is C17H21FN4O3. The molecule has 134 valence electrons. The van der Waals surface area contributed by atoms with Gasteiger partial charge in [0.05, 0.1) is 12.1 Å². The zero-order chi connectivity index (χ0) is 18.8. The molecule has 0 unspecified atom stereocenters. The van der Waals surface area contributed by atoms with Crippen LogP contribution in [-0.4, -0.2) is 15.6 Å². The second-order valence-electron chi connectivity index (χ2n) is 6.73. The second kappa shape index (κ2) is 6.92. The zero-order valence-corrected chi connectivity index (χ0v) is 14.6. The van der Waals surface area contributed by atoms with Gasteiger partial charge in [0.2, 0.25) is 0 Å². The van der Waals surface area contributed by atoms with Gasteiger partial charge in [-0.25, -0.2) is 14.0 Å². The first kappa shape index (κ1) is 18.4. The number of carbonyl (C=O) groups is 1. The van der Waals surface area contributed by atoms with Gasteiger partial charge in [-0.1, -0.05) is 6.07 Å². The Morgan fingerprint density at radius 3 is 2.56 bits per heavy atom. The number of aromatic amines is 1. The van der Waals surface area contributed by atoms with Crippen molar-refractivity contribution in [2.45, 2.75) is 39.8 Å². The highest BCUT2D eigenvalue weighted by molar-refractivity contribution is 5.89. The molecular weight excluding hydrogens is 327 g/mol. The van der Waals surface area contributed by atoms with E-state index in [2.05, 4.69) is 15.6 Å². The number of nitrogens with one attached hydrogen (secondary N) is 3. The van der Waals surface area contributed by atoms with E-state index in [1.807, 2.05) is 20.8 Å². The molecule has 0 saturated carbocycles. The van der Waals surface area contributed by atoms with Gasteiger partial charge in [0.25, 0.3) is 5.56 Å². The van der Waals surface area contributed by atoms with Crippen molar-refractivity contribution in [3.05, 3.63) is 62.2 Å². The van der Waals surface area contributed by atoms with Crippen LogP contribution in [0, 0.1) is 12.7 Å². The maximum Gasteiger partial charge on any atom is 0.328 e. The number of nitrogens with zero attached hydrogens (tertiary/aromatic N) is 1. The summed E-state index contributed by atoms with van der Waals surface area (Å²) in [5, 5.41) is 5.00. The molecule has 3 N–H and O–H groups in total. The van der Waals surface area contributed by atoms with Crippen molar-refractivity contribution >= 4 is 11.7 Å². The van der Waals surface area contributed by atoms with Crippen molar-refractivity contribution in [3.63, 3.8) is 0 Å². The first-order chi connectivity index (χ1) is 11.6. The summed E-state index contributed by atoms with van der Waals surface area (Å²) >= 11 is 0. The summed E-state index contributed by atoms with van der Waals surface area (Å²) in [7, 11) is 0. The Balaban J connectivity index is 2.10. The number of benzene rings is 1. The van der Waals surface area contributed by atoms with Crippen LogP contribution < -0.4 is 21.9 Å². The van der Waals surface area contributed by atoms with E-state index in [9.17, 15) is 18.8 Å². The highest BCUT2D eigenvalue weighted by Crippen LogP contribution is 2.13. The smallest absolute Gasteiger partial charge is 0.328 e. The average molecular weight is 348 g/mol. The van der Waals surface area contributed by atoms with Gasteiger partial charge in [0.1, 0.15) is 5.82 Å². The molecule has 0 atom stereocenters. The number of anilines is 1. The Kier molecular flexibility index (Phi) is 5.10. The van der Waals surface area contributed by atoms with Crippen LogP contribution in [0.1, 0.15) is 31.9 Å². The number of halogens is 1. The first-order valence-corrected chi connectivity index (χ1v) is 7.74. The van der Waals surface area contributed by atoms with Crippen molar-refractivity contribution in [2.24, 2.45) is 0 Å². The lowest BCUT2D eigenvalue weighted by Crippen LogP contribution is -2.41. The number of rotatable bonds is 3. The van der Waals surface area contributed by atoms with Gasteiger partial charge >= 0.3 is 11.7 Å². The summed E-state index contributed by atoms with van der Waals surface area (Å²) in [4.78, 5) is 37.9. The van der Waals surface area contributed by atoms with Crippen molar-refractivity contribution in [3.8, 4) is 0 Å². The van der Waals surface area contributed by atoms with Gasteiger partial charge in [0.15, 0.2) is 0 Å². The second-order valence-corrected chi connectivity index (χ2v) is 6.73. The molecule has 0 aliphatic carbocycles. The lowest BCUT2D eigenvalue weighted by atomic mass is 10.1. The van der Waals surface area contributed by atoms with Gasteiger partial charge in [-0.05, 0) is 45.4 Å². The Morgan fingerprint density at radius 1 is 1.28 bits per heavy atom. The van der Waals surface area contributed by atoms with Crippen LogP contribution in [0.5, 0.6) is 0 Å². The molecule has 0 saturated heterocycles. The Bertz CT molecular complexity index is 909. The van der Waals surface area contributed by atoms with E-state index in [0.717, 1.165) is 0 Å². The van der Waals surface area contributed by atoms with E-state index in [-0.39, 0.29) is 12.1 Å². The fraction of sp³-hybridized carbons (Fsp3) is 0.353. The maximum atomic E-state index is 13.5. The van der Waals surface area contributed by atoms with Crippen LogP contribution in [0.3, 0.4) is 0 Å². The van der Waals surface area contributed by atoms with Gasteiger partial charge < -0.3 is 10.6 Å². The van der Waals surface area contributed by atoms with Crippen molar-refractivity contribution in [2.75, 3.05) is 5.32 Å². The average Bonchev–Trinajstić information content (AvgIpc) is 2.49. The molecule has 0 bridgehead atoms. The van der Waals surface area contributed by atoms with Crippen LogP contribution in [0.25, 0.3) is 0 Å². The predicted molar refractivity (Wildman–Crippen MR) is 93.3 cm³/mol. The van der Waals surface area contributed by atoms with Crippen molar-refractivity contribution in [1.29, 1.82) is 0 Å². The van der Waals surface area contributed by atoms with Gasteiger partial charge in [0, 0.05) is 17.4 Å². The van der Waals surface area contributed by atoms with Gasteiger partial charge in [-0.3, -0.25) is 14.3 Å². The monoisotopic (exact) mass is 348 g/mol. The molecule has 1 aromatic heterocycles. The Morgan fingerprint density at radius 2 is 1.96 bits per heavy atom. The first-order valence-electron chi connectivity index (χ1n) is 7.74. The summed E-state index contributed by atoms with van der Waals surface area (Å²) in [5.74, 6) is -0.425. The molecule has 1 aromatic carbocycles. The molecule has 7 nitrogen and oxygen atoms in total. The molecule has 2 aromatic rings. The highest BCUT2D eigenvalue weighted by Gasteiger charge is 2.17. The molecule has 8 heteroatoms. The molecule has 25 heavy (non-hydrogen) atoms. The summed E-state index contributed by atoms with van der Waals surface area (Å²) in [6.07, 6.45) is 1.42. The predicted octanol–water partition coefficient (Wildman–Crippen LogP) is 2.06. The lowest BCUT2D eigenvalue weighted by molar-refractivity contribution is 0.251. The number of hydrogen-bond donors (Lipinski definition) is 3. The molecule has 0 aliphatic rings. The minimum absolute atomic E-state index is 0.0775. The maximum absolute atomic E-state index is 13.5. The lowest BCUT2D eigenvalue weighted by Gasteiger charge is -2.22. The number of H-pyrrole nitrogens is 1. The van der Waals surface area contributed by atoms with Crippen LogP contribution in [0.15, 0.2) is 34.0 Å². The quantitative estimate of drug-likeness (QED) is 0.792. The largest absolute Gasteiger partial charge is 0.334 e. The third-order valence-corrected chi connectivity index (χ3v) is 3.61. The minimum atomic E-state index is -0.587. The van der Waals surface area contributed by atoms with E-state index < -0.39 is 28.6 Å². The van der Waals surface area contributed by atoms with E-state index in [1.54, 1.807) is 19.1 Å². The molecule has 0 radical (unpaired) electrons. The highest BCUT2D eigenvalue weighted by atomic mass is 19.1. The summed E-state index contributed by atoms with van der Waals surface area (Å²) in [5.41, 5.74) is -0.582. The van der Waals surface area contributed by atoms with Crippen LogP contribution in [-0.2, 0) is 12.1 Å². The van der Waals surface area contributed by atoms with Crippen molar-refractivity contribution in [1.82, 2.24) is 14.9 Å². The van der Waals surface area contributed by atoms with Crippen LogP contribution >= 0.6 is 0 Å². The number of aryl methyl sites for hydroxylation is 1. The van der Waals surface area contributed by atoms with Crippen LogP contribution in [0.2, 0.25) is 0 Å². The van der Waals surface area contributed by atoms with Gasteiger partial charge in [-0.15, -0.1) is 0 Å². The number of amides is 2. The number of aromatic nitrogens is 2. The molecule has 1 heterocycles. The Labute approximate surface area is 143 Å². The zero-order valence-electron chi connectivity index (χ0n) is 14.6. The Hall–Kier alpha value is -2.90. The fourth-order valence-electron chi connectivity index (χ4n) is 2.16. The SMILES string of the molecule is Cc1ccc(NC(=O)NCc2cn(C(C)(C)C)c(=O)[nH]c2=O)cc1F. The number of carbonyl (C=O) groups excluding carboxylic acids is 1. The number of hydrogen-bond acceptors (Lipinski definition) is 3. The standard InChI is InChI=1S/C17H21FN4O3/c1-10-5-6-12(7-13(10)18)20-15(24)19-8-11-9-22(17(2,3)4)16(25)21-14(11)23/h5-7,9H,8H2,1-4H3,(H2,19,20,24)(H,21,23,25). The molecule has 2 amide bonds. The van der Waals surface area contributed by atoms with E-state index in [1.165, 1.54) is 16.8 Å². The van der Waals surface area contributed by atoms with Crippen molar-refractivity contribution < 1.29 is 9.18 Å². The normalized spacial score (nSPS) is 11.2. The van der Waals surface area contributed by atoms with Gasteiger partial charge in [-0.2, -0.15) is 0 Å². The summed E-state index contributed by atoms with van der Waals surface area (Å²) < 4.78 is 14.9. The number of urea groups is 1. The topological polar surface area (TPSA) is 96.0 Å². The molecule has 2 rings (SSSR count). The third-order valence-electron chi connectivity index (χ3n) is 3.61. The third kappa shape index (κ3) is 4.56. The van der Waals surface area contributed by atoms with E-state index >= 15 is 0 Å².